The van der Waals surface area contributed by atoms with Crippen molar-refractivity contribution in [3.05, 3.63) is 60.2 Å². The summed E-state index contributed by atoms with van der Waals surface area (Å²) in [5.41, 5.74) is -0.269. The number of aryl methyl sites for hydroxylation is 1. The van der Waals surface area contributed by atoms with Crippen molar-refractivity contribution in [3.8, 4) is 5.82 Å². The monoisotopic (exact) mass is 404 g/mol. The van der Waals surface area contributed by atoms with E-state index in [4.69, 9.17) is 0 Å². The fraction of sp³-hybridized carbons (Fsp3) is 0.316. The molecule has 1 aliphatic rings. The molecule has 0 spiro atoms. The van der Waals surface area contributed by atoms with Gasteiger partial charge in [-0.15, -0.1) is 0 Å². The Labute approximate surface area is 165 Å². The number of amides is 1. The second-order valence-corrected chi connectivity index (χ2v) is 6.78. The second-order valence-electron chi connectivity index (χ2n) is 6.78. The van der Waals surface area contributed by atoms with E-state index in [-0.39, 0.29) is 5.91 Å². The van der Waals surface area contributed by atoms with Crippen LogP contribution in [0.5, 0.6) is 0 Å². The van der Waals surface area contributed by atoms with Crippen molar-refractivity contribution in [2.24, 2.45) is 7.05 Å². The summed E-state index contributed by atoms with van der Waals surface area (Å²) in [6.45, 7) is 1.87. The van der Waals surface area contributed by atoms with Gasteiger partial charge in [0.15, 0.2) is 0 Å². The van der Waals surface area contributed by atoms with Crippen LogP contribution in [-0.4, -0.2) is 56.3 Å². The van der Waals surface area contributed by atoms with Gasteiger partial charge in [0, 0.05) is 51.8 Å². The molecule has 7 nitrogen and oxygen atoms in total. The molecule has 0 unspecified atom stereocenters. The Morgan fingerprint density at radius 3 is 2.31 bits per heavy atom. The minimum Gasteiger partial charge on any atom is -0.353 e. The summed E-state index contributed by atoms with van der Waals surface area (Å²) >= 11 is 0. The van der Waals surface area contributed by atoms with Gasteiger partial charge in [-0.25, -0.2) is 4.98 Å². The molecule has 0 saturated carbocycles. The van der Waals surface area contributed by atoms with E-state index in [1.807, 2.05) is 34.0 Å². The molecular formula is C19H19F3N6O. The topological polar surface area (TPSA) is 59.2 Å². The maximum atomic E-state index is 13.0. The average Bonchev–Trinajstić information content (AvgIpc) is 3.36. The van der Waals surface area contributed by atoms with Crippen LogP contribution >= 0.6 is 0 Å². The lowest BCUT2D eigenvalue weighted by atomic mass is 10.2. The number of rotatable bonds is 3. The van der Waals surface area contributed by atoms with E-state index in [1.54, 1.807) is 22.8 Å². The molecule has 0 aromatic carbocycles. The number of piperazine rings is 1. The van der Waals surface area contributed by atoms with Gasteiger partial charge in [0.05, 0.1) is 11.8 Å². The molecule has 3 aromatic heterocycles. The van der Waals surface area contributed by atoms with Gasteiger partial charge in [-0.1, -0.05) is 0 Å². The highest BCUT2D eigenvalue weighted by atomic mass is 19.4. The van der Waals surface area contributed by atoms with Crippen molar-refractivity contribution in [2.75, 3.05) is 31.1 Å². The van der Waals surface area contributed by atoms with Gasteiger partial charge in [-0.3, -0.25) is 9.48 Å². The number of aromatic nitrogens is 4. The molecule has 0 bridgehead atoms. The molecule has 1 saturated heterocycles. The molecule has 3 aromatic rings. The Balaban J connectivity index is 1.45. The maximum Gasteiger partial charge on any atom is 0.417 e. The molecule has 29 heavy (non-hydrogen) atoms. The molecule has 0 aliphatic carbocycles. The molecule has 152 valence electrons. The van der Waals surface area contributed by atoms with E-state index in [0.29, 0.717) is 43.4 Å². The van der Waals surface area contributed by atoms with Crippen molar-refractivity contribution in [3.63, 3.8) is 0 Å². The quantitative estimate of drug-likeness (QED) is 0.673. The fourth-order valence-corrected chi connectivity index (χ4v) is 3.41. The zero-order chi connectivity index (χ0) is 20.6. The van der Waals surface area contributed by atoms with E-state index in [0.717, 1.165) is 12.3 Å². The molecular weight excluding hydrogens is 385 g/mol. The van der Waals surface area contributed by atoms with Crippen LogP contribution in [0.4, 0.5) is 19.0 Å². The van der Waals surface area contributed by atoms with Crippen LogP contribution in [0, 0.1) is 0 Å². The summed E-state index contributed by atoms with van der Waals surface area (Å²) < 4.78 is 41.6. The largest absolute Gasteiger partial charge is 0.417 e. The van der Waals surface area contributed by atoms with Gasteiger partial charge in [0.1, 0.15) is 17.2 Å². The Morgan fingerprint density at radius 2 is 1.72 bits per heavy atom. The van der Waals surface area contributed by atoms with Crippen molar-refractivity contribution in [1.82, 2.24) is 24.2 Å². The Bertz CT molecular complexity index is 986. The lowest BCUT2D eigenvalue weighted by Gasteiger charge is -2.35. The first kappa shape index (κ1) is 19.0. The highest BCUT2D eigenvalue weighted by molar-refractivity contribution is 5.97. The van der Waals surface area contributed by atoms with E-state index in [9.17, 15) is 18.0 Å². The third-order valence-corrected chi connectivity index (χ3v) is 4.95. The van der Waals surface area contributed by atoms with Gasteiger partial charge in [0.25, 0.3) is 5.91 Å². The summed E-state index contributed by atoms with van der Waals surface area (Å²) in [7, 11) is 1.78. The summed E-state index contributed by atoms with van der Waals surface area (Å²) in [4.78, 5) is 20.6. The summed E-state index contributed by atoms with van der Waals surface area (Å²) in [6, 6.07) is 6.14. The lowest BCUT2D eigenvalue weighted by Crippen LogP contribution is -2.49. The fourth-order valence-electron chi connectivity index (χ4n) is 3.41. The van der Waals surface area contributed by atoms with Gasteiger partial charge < -0.3 is 14.4 Å². The molecule has 1 amide bonds. The Morgan fingerprint density at radius 1 is 1.03 bits per heavy atom. The summed E-state index contributed by atoms with van der Waals surface area (Å²) in [6.07, 6.45) is 1.69. The predicted molar refractivity (Wildman–Crippen MR) is 99.9 cm³/mol. The Kier molecular flexibility index (Phi) is 4.77. The van der Waals surface area contributed by atoms with Crippen LogP contribution in [0.3, 0.4) is 0 Å². The normalized spacial score (nSPS) is 15.0. The second kappa shape index (κ2) is 7.26. The zero-order valence-electron chi connectivity index (χ0n) is 15.7. The van der Waals surface area contributed by atoms with Crippen molar-refractivity contribution in [2.45, 2.75) is 6.18 Å². The van der Waals surface area contributed by atoms with Crippen LogP contribution in [0.15, 0.2) is 49.1 Å². The number of pyridine rings is 1. The van der Waals surface area contributed by atoms with E-state index in [1.165, 1.54) is 6.07 Å². The number of nitrogens with zero attached hydrogens (tertiary/aromatic N) is 6. The van der Waals surface area contributed by atoms with Crippen LogP contribution in [0.1, 0.15) is 15.9 Å². The van der Waals surface area contributed by atoms with E-state index < -0.39 is 11.7 Å². The summed E-state index contributed by atoms with van der Waals surface area (Å²) in [5, 5.41) is 4.22. The number of carbonyl (C=O) groups is 1. The molecule has 10 heteroatoms. The van der Waals surface area contributed by atoms with Crippen molar-refractivity contribution >= 4 is 11.7 Å². The predicted octanol–water partition coefficient (Wildman–Crippen LogP) is 2.59. The number of anilines is 1. The van der Waals surface area contributed by atoms with E-state index in [2.05, 4.69) is 10.1 Å². The van der Waals surface area contributed by atoms with Crippen molar-refractivity contribution < 1.29 is 18.0 Å². The number of carbonyl (C=O) groups excluding carboxylic acids is 1. The Hall–Kier alpha value is -3.30. The SMILES string of the molecule is Cn1ncc(C(=O)N2CCN(c3ccc(C(F)(F)F)cn3)CC2)c1-n1cccc1. The molecule has 0 atom stereocenters. The summed E-state index contributed by atoms with van der Waals surface area (Å²) in [5.74, 6) is 1.04. The molecule has 0 N–H and O–H groups in total. The van der Waals surface area contributed by atoms with Crippen LogP contribution in [-0.2, 0) is 13.2 Å². The van der Waals surface area contributed by atoms with Crippen LogP contribution in [0.2, 0.25) is 0 Å². The van der Waals surface area contributed by atoms with Crippen LogP contribution in [0.25, 0.3) is 5.82 Å². The van der Waals surface area contributed by atoms with Crippen molar-refractivity contribution in [1.29, 1.82) is 0 Å². The van der Waals surface area contributed by atoms with Gasteiger partial charge >= 0.3 is 6.18 Å². The van der Waals surface area contributed by atoms with E-state index >= 15 is 0 Å². The third kappa shape index (κ3) is 3.69. The first-order chi connectivity index (χ1) is 13.8. The molecule has 1 aliphatic heterocycles. The molecule has 4 rings (SSSR count). The number of halogens is 3. The smallest absolute Gasteiger partial charge is 0.353 e. The first-order valence-electron chi connectivity index (χ1n) is 9.07. The van der Waals surface area contributed by atoms with Crippen LogP contribution < -0.4 is 4.90 Å². The highest BCUT2D eigenvalue weighted by Gasteiger charge is 2.31. The first-order valence-corrected chi connectivity index (χ1v) is 9.07. The number of alkyl halides is 3. The van der Waals surface area contributed by atoms with Gasteiger partial charge in [0.2, 0.25) is 0 Å². The molecule has 1 fully saturated rings. The minimum absolute atomic E-state index is 0.123. The number of hydrogen-bond donors (Lipinski definition) is 0. The number of hydrogen-bond acceptors (Lipinski definition) is 4. The highest BCUT2D eigenvalue weighted by Crippen LogP contribution is 2.29. The van der Waals surface area contributed by atoms with Gasteiger partial charge in [-0.05, 0) is 24.3 Å². The molecule has 4 heterocycles. The van der Waals surface area contributed by atoms with Gasteiger partial charge in [-0.2, -0.15) is 18.3 Å². The average molecular weight is 404 g/mol. The molecule has 0 radical (unpaired) electrons. The zero-order valence-corrected chi connectivity index (χ0v) is 15.7. The lowest BCUT2D eigenvalue weighted by molar-refractivity contribution is -0.137. The minimum atomic E-state index is -4.40. The standard InChI is InChI=1S/C19H19F3N6O/c1-25-17(27-6-2-3-7-27)15(13-24-25)18(29)28-10-8-26(9-11-28)16-5-4-14(12-23-16)19(20,21)22/h2-7,12-13H,8-11H2,1H3. The maximum absolute atomic E-state index is 13.0. The third-order valence-electron chi connectivity index (χ3n) is 4.95.